The average molecular weight is 413 g/mol. The number of halogens is 1. The van der Waals surface area contributed by atoms with Gasteiger partial charge in [0.05, 0.1) is 25.4 Å². The van der Waals surface area contributed by atoms with Crippen molar-refractivity contribution >= 4 is 27.3 Å². The Hall–Kier alpha value is -1.15. The standard InChI is InChI=1S/C19H25ClN2O4S/c20-17-3-1-15(2-4-17)11-18(23)22-13-19(14-22)16(5-10-27(19,24)25)12-21-6-8-26-9-7-21/h1-4,16H,5-14H2. The fraction of sp³-hybridized carbons (Fsp3) is 0.632. The van der Waals surface area contributed by atoms with Crippen LogP contribution in [0, 0.1) is 5.92 Å². The molecule has 0 N–H and O–H groups in total. The van der Waals surface area contributed by atoms with Gasteiger partial charge in [-0.1, -0.05) is 23.7 Å². The highest BCUT2D eigenvalue weighted by atomic mass is 35.5. The lowest BCUT2D eigenvalue weighted by atomic mass is 9.82. The van der Waals surface area contributed by atoms with Crippen LogP contribution in [0.4, 0.5) is 0 Å². The van der Waals surface area contributed by atoms with Crippen LogP contribution < -0.4 is 0 Å². The minimum Gasteiger partial charge on any atom is -0.379 e. The molecule has 6 nitrogen and oxygen atoms in total. The predicted octanol–water partition coefficient (Wildman–Crippen LogP) is 1.23. The van der Waals surface area contributed by atoms with Crippen molar-refractivity contribution in [2.45, 2.75) is 17.6 Å². The number of carbonyl (C=O) groups is 1. The van der Waals surface area contributed by atoms with Crippen molar-refractivity contribution in [3.05, 3.63) is 34.9 Å². The summed E-state index contributed by atoms with van der Waals surface area (Å²) in [5.41, 5.74) is 0.893. The molecular formula is C19H25ClN2O4S. The van der Waals surface area contributed by atoms with Crippen LogP contribution in [-0.2, 0) is 25.8 Å². The largest absolute Gasteiger partial charge is 0.379 e. The topological polar surface area (TPSA) is 66.9 Å². The molecule has 0 saturated carbocycles. The molecule has 1 amide bonds. The summed E-state index contributed by atoms with van der Waals surface area (Å²) >= 11 is 5.88. The summed E-state index contributed by atoms with van der Waals surface area (Å²) in [5, 5.41) is 0.636. The van der Waals surface area contributed by atoms with Crippen molar-refractivity contribution in [2.75, 3.05) is 51.7 Å². The monoisotopic (exact) mass is 412 g/mol. The Morgan fingerprint density at radius 1 is 1.19 bits per heavy atom. The quantitative estimate of drug-likeness (QED) is 0.744. The van der Waals surface area contributed by atoms with Crippen molar-refractivity contribution in [1.82, 2.24) is 9.80 Å². The summed E-state index contributed by atoms with van der Waals surface area (Å²) in [6.45, 7) is 4.56. The summed E-state index contributed by atoms with van der Waals surface area (Å²) in [6, 6.07) is 7.20. The van der Waals surface area contributed by atoms with Crippen molar-refractivity contribution in [2.24, 2.45) is 5.92 Å². The SMILES string of the molecule is O=C(Cc1ccc(Cl)cc1)N1CC2(C1)C(CN1CCOCC1)CCS2(=O)=O. The first-order valence-corrected chi connectivity index (χ1v) is 11.5. The number of morpholine rings is 1. The second-order valence-corrected chi connectivity index (χ2v) is 10.7. The number of likely N-dealkylation sites (tertiary alicyclic amines) is 1. The molecule has 3 aliphatic heterocycles. The number of nitrogens with zero attached hydrogens (tertiary/aromatic N) is 2. The van der Waals surface area contributed by atoms with E-state index in [0.717, 1.165) is 25.2 Å². The van der Waals surface area contributed by atoms with Gasteiger partial charge >= 0.3 is 0 Å². The molecule has 0 aromatic heterocycles. The van der Waals surface area contributed by atoms with Crippen molar-refractivity contribution < 1.29 is 17.9 Å². The number of amides is 1. The van der Waals surface area contributed by atoms with E-state index in [4.69, 9.17) is 16.3 Å². The van der Waals surface area contributed by atoms with E-state index >= 15 is 0 Å². The Bertz CT molecular complexity index is 800. The van der Waals surface area contributed by atoms with Gasteiger partial charge in [-0.15, -0.1) is 0 Å². The zero-order valence-electron chi connectivity index (χ0n) is 15.3. The van der Waals surface area contributed by atoms with Crippen LogP contribution in [0.15, 0.2) is 24.3 Å². The molecule has 8 heteroatoms. The zero-order valence-corrected chi connectivity index (χ0v) is 16.8. The molecule has 1 spiro atoms. The summed E-state index contributed by atoms with van der Waals surface area (Å²) in [4.78, 5) is 16.6. The van der Waals surface area contributed by atoms with Crippen LogP contribution >= 0.6 is 11.6 Å². The second-order valence-electron chi connectivity index (χ2n) is 7.84. The minimum atomic E-state index is -3.16. The molecule has 3 heterocycles. The summed E-state index contributed by atoms with van der Waals surface area (Å²) < 4.78 is 30.2. The molecule has 1 atom stereocenters. The van der Waals surface area contributed by atoms with E-state index in [9.17, 15) is 13.2 Å². The fourth-order valence-electron chi connectivity index (χ4n) is 4.49. The van der Waals surface area contributed by atoms with Crippen LogP contribution in [0.2, 0.25) is 5.02 Å². The molecule has 4 rings (SSSR count). The third-order valence-electron chi connectivity index (χ3n) is 6.22. The molecule has 0 aliphatic carbocycles. The highest BCUT2D eigenvalue weighted by Crippen LogP contribution is 2.45. The van der Waals surface area contributed by atoms with Gasteiger partial charge in [0.2, 0.25) is 5.91 Å². The molecule has 1 unspecified atom stereocenters. The van der Waals surface area contributed by atoms with Gasteiger partial charge in [-0.3, -0.25) is 9.69 Å². The molecule has 0 radical (unpaired) electrons. The van der Waals surface area contributed by atoms with Gasteiger partial charge in [-0.25, -0.2) is 8.42 Å². The third kappa shape index (κ3) is 3.62. The number of ether oxygens (including phenoxy) is 1. The normalized spacial score (nSPS) is 26.9. The minimum absolute atomic E-state index is 0.0184. The highest BCUT2D eigenvalue weighted by Gasteiger charge is 2.62. The average Bonchev–Trinajstić information content (AvgIpc) is 2.87. The second kappa shape index (κ2) is 7.35. The Labute approximate surface area is 165 Å². The van der Waals surface area contributed by atoms with Gasteiger partial charge in [0.15, 0.2) is 9.84 Å². The summed E-state index contributed by atoms with van der Waals surface area (Å²) in [7, 11) is -3.16. The maximum absolute atomic E-state index is 12.8. The van der Waals surface area contributed by atoms with E-state index in [2.05, 4.69) is 4.90 Å². The maximum Gasteiger partial charge on any atom is 0.227 e. The van der Waals surface area contributed by atoms with Crippen molar-refractivity contribution in [1.29, 1.82) is 0 Å². The Morgan fingerprint density at radius 3 is 2.52 bits per heavy atom. The lowest BCUT2D eigenvalue weighted by Crippen LogP contribution is -2.69. The van der Waals surface area contributed by atoms with Crippen LogP contribution in [-0.4, -0.2) is 80.6 Å². The Morgan fingerprint density at radius 2 is 1.85 bits per heavy atom. The van der Waals surface area contributed by atoms with E-state index in [1.54, 1.807) is 17.0 Å². The maximum atomic E-state index is 12.8. The van der Waals surface area contributed by atoms with Gasteiger partial charge < -0.3 is 9.64 Å². The highest BCUT2D eigenvalue weighted by molar-refractivity contribution is 7.93. The number of sulfone groups is 1. The first kappa shape index (κ1) is 19.2. The van der Waals surface area contributed by atoms with Gasteiger partial charge in [0.25, 0.3) is 0 Å². The lowest BCUT2D eigenvalue weighted by molar-refractivity contribution is -0.136. The van der Waals surface area contributed by atoms with Crippen molar-refractivity contribution in [3.8, 4) is 0 Å². The molecule has 148 valence electrons. The number of benzene rings is 1. The van der Waals surface area contributed by atoms with Gasteiger partial charge in [-0.2, -0.15) is 0 Å². The van der Waals surface area contributed by atoms with E-state index in [1.807, 2.05) is 12.1 Å². The Kier molecular flexibility index (Phi) is 5.22. The van der Waals surface area contributed by atoms with E-state index in [1.165, 1.54) is 0 Å². The van der Waals surface area contributed by atoms with Crippen LogP contribution in [0.1, 0.15) is 12.0 Å². The van der Waals surface area contributed by atoms with Crippen molar-refractivity contribution in [3.63, 3.8) is 0 Å². The molecule has 3 aliphatic rings. The molecular weight excluding hydrogens is 388 g/mol. The van der Waals surface area contributed by atoms with Crippen LogP contribution in [0.5, 0.6) is 0 Å². The number of hydrogen-bond acceptors (Lipinski definition) is 5. The molecule has 3 saturated heterocycles. The summed E-state index contributed by atoms with van der Waals surface area (Å²) in [5.74, 6) is 0.316. The van der Waals surface area contributed by atoms with E-state index in [-0.39, 0.29) is 24.0 Å². The number of carbonyl (C=O) groups excluding carboxylic acids is 1. The molecule has 1 aromatic rings. The van der Waals surface area contributed by atoms with Crippen LogP contribution in [0.25, 0.3) is 0 Å². The van der Waals surface area contributed by atoms with Crippen LogP contribution in [0.3, 0.4) is 0 Å². The van der Waals surface area contributed by atoms with Gasteiger partial charge in [0.1, 0.15) is 4.75 Å². The molecule has 3 fully saturated rings. The molecule has 0 bridgehead atoms. The number of rotatable bonds is 4. The van der Waals surface area contributed by atoms with E-state index in [0.29, 0.717) is 37.7 Å². The lowest BCUT2D eigenvalue weighted by Gasteiger charge is -2.51. The smallest absolute Gasteiger partial charge is 0.227 e. The molecule has 1 aromatic carbocycles. The van der Waals surface area contributed by atoms with E-state index < -0.39 is 14.6 Å². The Balaban J connectivity index is 1.41. The third-order valence-corrected chi connectivity index (χ3v) is 9.07. The first-order chi connectivity index (χ1) is 12.9. The fourth-order valence-corrected chi connectivity index (χ4v) is 7.02. The van der Waals surface area contributed by atoms with Gasteiger partial charge in [-0.05, 0) is 30.0 Å². The zero-order chi connectivity index (χ0) is 19.1. The first-order valence-electron chi connectivity index (χ1n) is 9.44. The number of hydrogen-bond donors (Lipinski definition) is 0. The van der Waals surface area contributed by atoms with Gasteiger partial charge in [0, 0.05) is 37.7 Å². The molecule has 27 heavy (non-hydrogen) atoms. The predicted molar refractivity (Wildman–Crippen MR) is 104 cm³/mol. The summed E-state index contributed by atoms with van der Waals surface area (Å²) in [6.07, 6.45) is 0.973.